The Labute approximate surface area is 89.4 Å². The van der Waals surface area contributed by atoms with Crippen LogP contribution in [0, 0.1) is 5.41 Å². The molecule has 0 N–H and O–H groups in total. The van der Waals surface area contributed by atoms with Gasteiger partial charge in [-0.25, -0.2) is 0 Å². The van der Waals surface area contributed by atoms with E-state index >= 15 is 0 Å². The van der Waals surface area contributed by atoms with Gasteiger partial charge in [0, 0.05) is 5.41 Å². The summed E-state index contributed by atoms with van der Waals surface area (Å²) in [7, 11) is -1.34. The smallest absolute Gasteiger partial charge is 0.184 e. The molecule has 2 aliphatic carbocycles. The lowest BCUT2D eigenvalue weighted by Crippen LogP contribution is -2.38. The Morgan fingerprint density at radius 3 is 2.36 bits per heavy atom. The predicted molar refractivity (Wildman–Crippen MR) is 63.0 cm³/mol. The summed E-state index contributed by atoms with van der Waals surface area (Å²) in [6.07, 6.45) is 8.29. The van der Waals surface area contributed by atoms with Gasteiger partial charge in [0.05, 0.1) is 5.60 Å². The van der Waals surface area contributed by atoms with E-state index in [-0.39, 0.29) is 0 Å². The van der Waals surface area contributed by atoms with Gasteiger partial charge in [-0.05, 0) is 45.3 Å². The van der Waals surface area contributed by atoms with Crippen LogP contribution in [0.25, 0.3) is 0 Å². The predicted octanol–water partition coefficient (Wildman–Crippen LogP) is 3.95. The number of hydrogen-bond donors (Lipinski definition) is 0. The molecule has 2 unspecified atom stereocenters. The Bertz CT molecular complexity index is 233. The van der Waals surface area contributed by atoms with Crippen LogP contribution in [0.5, 0.6) is 0 Å². The van der Waals surface area contributed by atoms with Crippen molar-refractivity contribution < 1.29 is 4.43 Å². The molecular formula is C12H24OSi. The molecule has 0 saturated heterocycles. The fourth-order valence-corrected chi connectivity index (χ4v) is 5.01. The summed E-state index contributed by atoms with van der Waals surface area (Å²) < 4.78 is 6.47. The Hall–Kier alpha value is 0.177. The summed E-state index contributed by atoms with van der Waals surface area (Å²) in [5.74, 6) is 0. The van der Waals surface area contributed by atoms with E-state index in [0.717, 1.165) is 0 Å². The van der Waals surface area contributed by atoms with Gasteiger partial charge in [-0.2, -0.15) is 0 Å². The molecule has 82 valence electrons. The van der Waals surface area contributed by atoms with Gasteiger partial charge in [-0.15, -0.1) is 0 Å². The third-order valence-electron chi connectivity index (χ3n) is 4.13. The van der Waals surface area contributed by atoms with Crippen molar-refractivity contribution in [2.45, 2.75) is 70.7 Å². The van der Waals surface area contributed by atoms with Crippen molar-refractivity contribution in [3.8, 4) is 0 Å². The minimum absolute atomic E-state index is 0.338. The van der Waals surface area contributed by atoms with Crippen LogP contribution >= 0.6 is 0 Å². The van der Waals surface area contributed by atoms with Crippen molar-refractivity contribution in [2.75, 3.05) is 0 Å². The van der Waals surface area contributed by atoms with Crippen LogP contribution in [0.2, 0.25) is 19.6 Å². The average molecular weight is 212 g/mol. The lowest BCUT2D eigenvalue weighted by Gasteiger charge is -2.35. The van der Waals surface area contributed by atoms with Gasteiger partial charge in [0.1, 0.15) is 0 Å². The zero-order chi connectivity index (χ0) is 10.4. The molecule has 2 saturated carbocycles. The first kappa shape index (κ1) is 10.7. The second-order valence-corrected chi connectivity index (χ2v) is 10.7. The Balaban J connectivity index is 2.10. The van der Waals surface area contributed by atoms with E-state index in [1.165, 1.54) is 38.5 Å². The molecule has 0 aliphatic heterocycles. The summed E-state index contributed by atoms with van der Waals surface area (Å²) in [6, 6.07) is 0. The second kappa shape index (κ2) is 3.08. The molecule has 0 aromatic heterocycles. The molecule has 0 radical (unpaired) electrons. The lowest BCUT2D eigenvalue weighted by molar-refractivity contribution is 0.0780. The minimum atomic E-state index is -1.34. The maximum atomic E-state index is 6.47. The van der Waals surface area contributed by atoms with Crippen LogP contribution in [0.4, 0.5) is 0 Å². The summed E-state index contributed by atoms with van der Waals surface area (Å²) >= 11 is 0. The number of hydrogen-bond acceptors (Lipinski definition) is 1. The Morgan fingerprint density at radius 2 is 1.79 bits per heavy atom. The van der Waals surface area contributed by atoms with Crippen molar-refractivity contribution in [1.29, 1.82) is 0 Å². The molecule has 0 spiro atoms. The van der Waals surface area contributed by atoms with E-state index in [1.807, 2.05) is 0 Å². The lowest BCUT2D eigenvalue weighted by atomic mass is 9.84. The molecule has 0 bridgehead atoms. The largest absolute Gasteiger partial charge is 0.412 e. The monoisotopic (exact) mass is 212 g/mol. The first-order chi connectivity index (χ1) is 6.43. The van der Waals surface area contributed by atoms with Crippen LogP contribution in [-0.2, 0) is 4.43 Å². The van der Waals surface area contributed by atoms with Crippen LogP contribution < -0.4 is 0 Å². The average Bonchev–Trinajstić information content (AvgIpc) is 2.70. The maximum absolute atomic E-state index is 6.47. The third-order valence-corrected chi connectivity index (χ3v) is 5.13. The van der Waals surface area contributed by atoms with Gasteiger partial charge >= 0.3 is 0 Å². The molecule has 0 aromatic rings. The topological polar surface area (TPSA) is 9.23 Å². The normalized spacial score (nSPS) is 42.0. The van der Waals surface area contributed by atoms with Gasteiger partial charge in [0.25, 0.3) is 0 Å². The molecule has 2 heteroatoms. The van der Waals surface area contributed by atoms with Gasteiger partial charge in [0.2, 0.25) is 0 Å². The molecule has 14 heavy (non-hydrogen) atoms. The van der Waals surface area contributed by atoms with Crippen molar-refractivity contribution in [3.05, 3.63) is 0 Å². The van der Waals surface area contributed by atoms with E-state index in [4.69, 9.17) is 4.43 Å². The van der Waals surface area contributed by atoms with E-state index in [2.05, 4.69) is 26.6 Å². The van der Waals surface area contributed by atoms with Gasteiger partial charge in [-0.3, -0.25) is 0 Å². The molecule has 2 rings (SSSR count). The van der Waals surface area contributed by atoms with Crippen LogP contribution in [-0.4, -0.2) is 13.9 Å². The standard InChI is InChI=1S/C12H24OSi/c1-5-11-8-6-7-9-12(11,10-11)13-14(2,3)4/h5-10H2,1-4H3. The zero-order valence-electron chi connectivity index (χ0n) is 10.2. The highest BCUT2D eigenvalue weighted by Gasteiger charge is 2.68. The summed E-state index contributed by atoms with van der Waals surface area (Å²) in [5, 5.41) is 0. The Morgan fingerprint density at radius 1 is 1.14 bits per heavy atom. The van der Waals surface area contributed by atoms with Crippen molar-refractivity contribution >= 4 is 8.32 Å². The summed E-state index contributed by atoms with van der Waals surface area (Å²) in [6.45, 7) is 9.33. The van der Waals surface area contributed by atoms with Crippen molar-refractivity contribution in [2.24, 2.45) is 5.41 Å². The third kappa shape index (κ3) is 1.56. The Kier molecular flexibility index (Phi) is 2.35. The fraction of sp³-hybridized carbons (Fsp3) is 1.00. The quantitative estimate of drug-likeness (QED) is 0.644. The first-order valence-electron chi connectivity index (χ1n) is 6.13. The van der Waals surface area contributed by atoms with E-state index in [0.29, 0.717) is 11.0 Å². The zero-order valence-corrected chi connectivity index (χ0v) is 11.2. The molecule has 2 atom stereocenters. The molecule has 0 aromatic carbocycles. The second-order valence-electron chi connectivity index (χ2n) is 6.23. The van der Waals surface area contributed by atoms with Gasteiger partial charge in [0.15, 0.2) is 8.32 Å². The summed E-state index contributed by atoms with van der Waals surface area (Å²) in [4.78, 5) is 0. The van der Waals surface area contributed by atoms with Crippen molar-refractivity contribution in [3.63, 3.8) is 0 Å². The fourth-order valence-electron chi connectivity index (χ4n) is 3.45. The van der Waals surface area contributed by atoms with E-state index < -0.39 is 8.32 Å². The molecule has 0 heterocycles. The maximum Gasteiger partial charge on any atom is 0.184 e. The molecule has 0 amide bonds. The first-order valence-corrected chi connectivity index (χ1v) is 9.54. The molecule has 1 nitrogen and oxygen atoms in total. The van der Waals surface area contributed by atoms with Crippen LogP contribution in [0.15, 0.2) is 0 Å². The van der Waals surface area contributed by atoms with Crippen LogP contribution in [0.3, 0.4) is 0 Å². The SMILES string of the molecule is CCC12CCCCC1(O[Si](C)(C)C)C2. The molecule has 2 fully saturated rings. The molecule has 2 aliphatic rings. The van der Waals surface area contributed by atoms with E-state index in [9.17, 15) is 0 Å². The summed E-state index contributed by atoms with van der Waals surface area (Å²) in [5.41, 5.74) is 0.940. The van der Waals surface area contributed by atoms with Gasteiger partial charge in [-0.1, -0.05) is 19.8 Å². The van der Waals surface area contributed by atoms with Gasteiger partial charge < -0.3 is 4.43 Å². The number of rotatable bonds is 3. The highest BCUT2D eigenvalue weighted by Crippen LogP contribution is 2.69. The van der Waals surface area contributed by atoms with E-state index in [1.54, 1.807) is 0 Å². The van der Waals surface area contributed by atoms with Crippen LogP contribution in [0.1, 0.15) is 45.4 Å². The van der Waals surface area contributed by atoms with Crippen molar-refractivity contribution in [1.82, 2.24) is 0 Å². The highest BCUT2D eigenvalue weighted by molar-refractivity contribution is 6.69. The highest BCUT2D eigenvalue weighted by atomic mass is 28.4. The number of fused-ring (bicyclic) bond motifs is 1. The minimum Gasteiger partial charge on any atom is -0.412 e. The molecular weight excluding hydrogens is 188 g/mol.